The summed E-state index contributed by atoms with van der Waals surface area (Å²) in [6.07, 6.45) is 6.27. The maximum Gasteiger partial charge on any atom is 0.415 e. The number of hydrogen-bond acceptors (Lipinski definition) is 6. The highest BCUT2D eigenvalue weighted by atomic mass is 32.1. The lowest BCUT2D eigenvalue weighted by Gasteiger charge is -2.46. The monoisotopic (exact) mass is 727 g/mol. The number of carbonyl (C=O) groups excluding carboxylic acids is 2. The van der Waals surface area contributed by atoms with Crippen LogP contribution in [-0.4, -0.2) is 51.8 Å². The number of ketones is 1. The van der Waals surface area contributed by atoms with Crippen molar-refractivity contribution in [2.24, 2.45) is 5.41 Å². The Morgan fingerprint density at radius 1 is 0.906 bits per heavy atom. The van der Waals surface area contributed by atoms with E-state index in [-0.39, 0.29) is 18.2 Å². The highest BCUT2D eigenvalue weighted by molar-refractivity contribution is 7.09. The molecule has 0 saturated heterocycles. The minimum absolute atomic E-state index is 0.0610. The fourth-order valence-corrected chi connectivity index (χ4v) is 9.29. The Balaban J connectivity index is 1.26. The minimum atomic E-state index is -1.27. The quantitative estimate of drug-likeness (QED) is 0.123. The molecular formula is C46H49NO5S. The van der Waals surface area contributed by atoms with Crippen molar-refractivity contribution < 1.29 is 24.5 Å². The smallest absolute Gasteiger partial charge is 0.410 e. The third kappa shape index (κ3) is 8.03. The predicted molar refractivity (Wildman–Crippen MR) is 213 cm³/mol. The first-order chi connectivity index (χ1) is 25.6. The predicted octanol–water partition coefficient (Wildman–Crippen LogP) is 9.91. The van der Waals surface area contributed by atoms with Crippen LogP contribution in [0, 0.1) is 5.41 Å². The van der Waals surface area contributed by atoms with E-state index >= 15 is 0 Å². The van der Waals surface area contributed by atoms with E-state index in [4.69, 9.17) is 4.74 Å². The number of aliphatic hydroxyl groups excluding tert-OH is 1. The second-order valence-electron chi connectivity index (χ2n) is 15.3. The number of fused-ring (bicyclic) bond motifs is 9. The van der Waals surface area contributed by atoms with Gasteiger partial charge in [-0.15, -0.1) is 11.3 Å². The second kappa shape index (κ2) is 15.8. The van der Waals surface area contributed by atoms with Crippen molar-refractivity contribution in [2.45, 2.75) is 82.8 Å². The number of nitrogens with zero attached hydrogens (tertiary/aromatic N) is 1. The van der Waals surface area contributed by atoms with Gasteiger partial charge in [0.1, 0.15) is 5.75 Å². The van der Waals surface area contributed by atoms with Gasteiger partial charge in [0.25, 0.3) is 0 Å². The van der Waals surface area contributed by atoms with Crippen molar-refractivity contribution in [1.29, 1.82) is 0 Å². The Morgan fingerprint density at radius 2 is 1.70 bits per heavy atom. The zero-order valence-corrected chi connectivity index (χ0v) is 31.5. The van der Waals surface area contributed by atoms with Gasteiger partial charge in [0.15, 0.2) is 5.78 Å². The van der Waals surface area contributed by atoms with Crippen LogP contribution in [0.2, 0.25) is 0 Å². The van der Waals surface area contributed by atoms with E-state index in [9.17, 15) is 19.8 Å². The van der Waals surface area contributed by atoms with E-state index < -0.39 is 23.2 Å². The van der Waals surface area contributed by atoms with Crippen LogP contribution in [0.15, 0.2) is 120 Å². The summed E-state index contributed by atoms with van der Waals surface area (Å²) in [7, 11) is 0. The summed E-state index contributed by atoms with van der Waals surface area (Å²) in [5.74, 6) is 0.251. The normalized spacial score (nSPS) is 23.2. The lowest BCUT2D eigenvalue weighted by atomic mass is 9.64. The summed E-state index contributed by atoms with van der Waals surface area (Å²) >= 11 is 1.65. The molecule has 53 heavy (non-hydrogen) atoms. The van der Waals surface area contributed by atoms with Gasteiger partial charge in [0, 0.05) is 28.0 Å². The zero-order valence-electron chi connectivity index (χ0n) is 30.7. The third-order valence-electron chi connectivity index (χ3n) is 11.8. The molecule has 4 aromatic carbocycles. The van der Waals surface area contributed by atoms with E-state index in [2.05, 4.69) is 32.1 Å². The van der Waals surface area contributed by atoms with Crippen LogP contribution in [0.25, 0.3) is 10.8 Å². The van der Waals surface area contributed by atoms with Crippen LogP contribution in [0.5, 0.6) is 5.75 Å². The summed E-state index contributed by atoms with van der Waals surface area (Å²) in [6.45, 7) is 4.76. The fraction of sp³-hybridized carbons (Fsp3) is 0.348. The van der Waals surface area contributed by atoms with Gasteiger partial charge in [-0.3, -0.25) is 4.79 Å². The van der Waals surface area contributed by atoms with Gasteiger partial charge in [0.2, 0.25) is 0 Å². The topological polar surface area (TPSA) is 87.1 Å². The largest absolute Gasteiger partial charge is 0.415 e. The maximum absolute atomic E-state index is 14.3. The van der Waals surface area contributed by atoms with E-state index in [0.717, 1.165) is 39.6 Å². The van der Waals surface area contributed by atoms with Crippen LogP contribution in [0.4, 0.5) is 4.79 Å². The molecule has 1 heterocycles. The minimum Gasteiger partial charge on any atom is -0.410 e. The first-order valence-corrected chi connectivity index (χ1v) is 19.8. The molecule has 0 spiro atoms. The Hall–Kier alpha value is -4.56. The molecule has 6 nitrogen and oxygen atoms in total. The Labute approximate surface area is 316 Å². The summed E-state index contributed by atoms with van der Waals surface area (Å²) in [6, 6.07) is 33.1. The van der Waals surface area contributed by atoms with Gasteiger partial charge in [-0.05, 0) is 116 Å². The van der Waals surface area contributed by atoms with Crippen molar-refractivity contribution in [3.63, 3.8) is 0 Å². The number of allylic oxidation sites excluding steroid dienone is 2. The number of rotatable bonds is 8. The molecule has 0 aliphatic heterocycles. The van der Waals surface area contributed by atoms with Crippen molar-refractivity contribution in [2.75, 3.05) is 13.1 Å². The second-order valence-corrected chi connectivity index (χ2v) is 16.3. The molecule has 0 radical (unpaired) electrons. The van der Waals surface area contributed by atoms with Crippen LogP contribution in [0.1, 0.15) is 90.2 Å². The van der Waals surface area contributed by atoms with Crippen molar-refractivity contribution in [3.05, 3.63) is 147 Å². The molecule has 7 heteroatoms. The molecule has 1 aromatic heterocycles. The molecule has 2 bridgehead atoms. The molecule has 1 fully saturated rings. The van der Waals surface area contributed by atoms with E-state index in [1.165, 1.54) is 5.57 Å². The number of hydrogen-bond donors (Lipinski definition) is 2. The number of amides is 1. The first kappa shape index (κ1) is 36.8. The summed E-state index contributed by atoms with van der Waals surface area (Å²) < 4.78 is 6.06. The number of ether oxygens (including phenoxy) is 1. The SMILES string of the molecule is CC1=CCC[C@@]2(C)[C@@H](CC[C@@]2(O)CN(CCc2cccs2)C(=O)Oc2ccc3ccccc3c2)c2ccc(cc2C(=O)c2ccccc2)C[C@@H](O)CC1. The fourth-order valence-electron chi connectivity index (χ4n) is 8.59. The van der Waals surface area contributed by atoms with Crippen molar-refractivity contribution in [3.8, 4) is 5.75 Å². The number of carbonyl (C=O) groups is 2. The maximum atomic E-state index is 14.3. The average molecular weight is 728 g/mol. The van der Waals surface area contributed by atoms with Crippen molar-refractivity contribution >= 4 is 34.0 Å². The summed E-state index contributed by atoms with van der Waals surface area (Å²) in [5, 5.41) is 28.1. The lowest BCUT2D eigenvalue weighted by Crippen LogP contribution is -2.54. The van der Waals surface area contributed by atoms with E-state index in [0.29, 0.717) is 61.9 Å². The van der Waals surface area contributed by atoms with Gasteiger partial charge in [-0.1, -0.05) is 97.4 Å². The molecule has 274 valence electrons. The zero-order chi connectivity index (χ0) is 37.0. The number of aliphatic hydroxyl groups is 2. The summed E-state index contributed by atoms with van der Waals surface area (Å²) in [4.78, 5) is 31.3. The molecule has 1 saturated carbocycles. The molecular weight excluding hydrogens is 679 g/mol. The Kier molecular flexibility index (Phi) is 11.0. The lowest BCUT2D eigenvalue weighted by molar-refractivity contribution is -0.0789. The first-order valence-electron chi connectivity index (χ1n) is 18.9. The summed E-state index contributed by atoms with van der Waals surface area (Å²) in [5.41, 5.74) is 2.32. The van der Waals surface area contributed by atoms with Gasteiger partial charge in [0.05, 0.1) is 18.2 Å². The molecule has 3 aliphatic rings. The van der Waals surface area contributed by atoms with Crippen molar-refractivity contribution in [1.82, 2.24) is 4.90 Å². The third-order valence-corrected chi connectivity index (χ3v) is 12.7. The van der Waals surface area contributed by atoms with Gasteiger partial charge in [-0.2, -0.15) is 0 Å². The van der Waals surface area contributed by atoms with Crippen LogP contribution in [0.3, 0.4) is 0 Å². The van der Waals surface area contributed by atoms with Gasteiger partial charge in [-0.25, -0.2) is 4.79 Å². The van der Waals surface area contributed by atoms with E-state index in [1.54, 1.807) is 16.2 Å². The Bertz CT molecular complexity index is 2090. The van der Waals surface area contributed by atoms with Gasteiger partial charge < -0.3 is 19.8 Å². The average Bonchev–Trinajstić information content (AvgIpc) is 3.78. The molecule has 1 amide bonds. The number of benzene rings is 4. The molecule has 3 aliphatic carbocycles. The molecule has 0 unspecified atom stereocenters. The Morgan fingerprint density at radius 3 is 2.49 bits per heavy atom. The van der Waals surface area contributed by atoms with E-state index in [1.807, 2.05) is 96.4 Å². The molecule has 8 rings (SSSR count). The standard InChI is InChI=1S/C46H49NO5S/c1-32-10-8-24-45(2)42(40-21-17-33(28-37(48)19-16-32)29-41(40)43(49)35-12-4-3-5-13-35)22-25-46(45,51)31-47(26-23-39-15-9-27-53-39)44(50)52-38-20-18-34-11-6-7-14-36(34)30-38/h3-7,9-15,17-18,20-21,27,29-30,37,42,48,51H,8,16,19,22-26,28,31H2,1-2H3/t37-,42-,45-,46+/m0/s1. The molecule has 4 atom stereocenters. The van der Waals surface area contributed by atoms with Crippen LogP contribution < -0.4 is 4.74 Å². The number of thiophene rings is 1. The highest BCUT2D eigenvalue weighted by Gasteiger charge is 2.57. The molecule has 2 N–H and O–H groups in total. The van der Waals surface area contributed by atoms with Gasteiger partial charge >= 0.3 is 6.09 Å². The van der Waals surface area contributed by atoms with Crippen LogP contribution >= 0.6 is 11.3 Å². The molecule has 5 aromatic rings. The highest BCUT2D eigenvalue weighted by Crippen LogP contribution is 2.59. The van der Waals surface area contributed by atoms with Crippen LogP contribution in [-0.2, 0) is 12.8 Å².